The minimum absolute atomic E-state index is 0.0605. The molecule has 1 fully saturated rings. The molecule has 1 N–H and O–H groups in total. The molecule has 2 unspecified atom stereocenters. The number of benzene rings is 1. The summed E-state index contributed by atoms with van der Waals surface area (Å²) in [6, 6.07) is 7.03. The Labute approximate surface area is 123 Å². The van der Waals surface area contributed by atoms with Crippen molar-refractivity contribution in [1.29, 1.82) is 0 Å². The van der Waals surface area contributed by atoms with Gasteiger partial charge in [0.2, 0.25) is 0 Å². The summed E-state index contributed by atoms with van der Waals surface area (Å²) in [6.45, 7) is 3.22. The van der Waals surface area contributed by atoms with Crippen LogP contribution in [0.2, 0.25) is 0 Å². The van der Waals surface area contributed by atoms with Crippen LogP contribution >= 0.6 is 0 Å². The maximum absolute atomic E-state index is 11.1. The van der Waals surface area contributed by atoms with Gasteiger partial charge >= 0.3 is 0 Å². The van der Waals surface area contributed by atoms with Crippen LogP contribution in [0.5, 0.6) is 0 Å². The van der Waals surface area contributed by atoms with Crippen molar-refractivity contribution < 1.29 is 4.92 Å². The molecule has 21 heavy (non-hydrogen) atoms. The van der Waals surface area contributed by atoms with Gasteiger partial charge in [0.15, 0.2) is 0 Å². The van der Waals surface area contributed by atoms with Crippen molar-refractivity contribution in [3.63, 3.8) is 0 Å². The van der Waals surface area contributed by atoms with Crippen LogP contribution in [0.15, 0.2) is 30.5 Å². The van der Waals surface area contributed by atoms with Crippen molar-refractivity contribution in [2.45, 2.75) is 26.2 Å². The Morgan fingerprint density at radius 2 is 2.24 bits per heavy atom. The van der Waals surface area contributed by atoms with Crippen molar-refractivity contribution in [1.82, 2.24) is 4.98 Å². The zero-order valence-corrected chi connectivity index (χ0v) is 12.1. The molecule has 0 bridgehead atoms. The van der Waals surface area contributed by atoms with E-state index in [0.29, 0.717) is 11.4 Å². The van der Waals surface area contributed by atoms with Crippen LogP contribution in [0.4, 0.5) is 11.4 Å². The Balaban J connectivity index is 1.89. The number of non-ortho nitro benzene ring substituents is 1. The number of nitro benzene ring substituents is 1. The van der Waals surface area contributed by atoms with Crippen LogP contribution in [-0.2, 0) is 0 Å². The Bertz CT molecular complexity index is 672. The molecule has 3 rings (SSSR count). The second kappa shape index (κ2) is 5.68. The van der Waals surface area contributed by atoms with Gasteiger partial charge in [0, 0.05) is 29.9 Å². The van der Waals surface area contributed by atoms with Crippen LogP contribution in [0.1, 0.15) is 26.2 Å². The average Bonchev–Trinajstić information content (AvgIpc) is 2.89. The Morgan fingerprint density at radius 3 is 2.95 bits per heavy atom. The summed E-state index contributed by atoms with van der Waals surface area (Å²) >= 11 is 0. The highest BCUT2D eigenvalue weighted by Crippen LogP contribution is 2.33. The van der Waals surface area contributed by atoms with Crippen LogP contribution in [0, 0.1) is 22.0 Å². The fraction of sp³-hybridized carbons (Fsp3) is 0.438. The highest BCUT2D eigenvalue weighted by Gasteiger charge is 2.23. The first kappa shape index (κ1) is 13.8. The third-order valence-electron chi connectivity index (χ3n) is 4.54. The summed E-state index contributed by atoms with van der Waals surface area (Å²) in [6.07, 6.45) is 5.46. The van der Waals surface area contributed by atoms with Gasteiger partial charge in [0.1, 0.15) is 5.52 Å². The molecule has 0 spiro atoms. The number of nitrogens with zero attached hydrogens (tertiary/aromatic N) is 2. The number of anilines is 1. The predicted octanol–water partition coefficient (Wildman–Crippen LogP) is 3.99. The second-order valence-corrected chi connectivity index (χ2v) is 5.84. The molecule has 0 radical (unpaired) electrons. The van der Waals surface area contributed by atoms with E-state index in [4.69, 9.17) is 0 Å². The third-order valence-corrected chi connectivity index (χ3v) is 4.54. The molecule has 1 aromatic heterocycles. The maximum atomic E-state index is 11.1. The van der Waals surface area contributed by atoms with E-state index in [9.17, 15) is 10.1 Å². The molecule has 5 nitrogen and oxygen atoms in total. The van der Waals surface area contributed by atoms with Crippen LogP contribution in [-0.4, -0.2) is 16.5 Å². The van der Waals surface area contributed by atoms with E-state index < -0.39 is 0 Å². The number of hydrogen-bond acceptors (Lipinski definition) is 4. The van der Waals surface area contributed by atoms with E-state index in [-0.39, 0.29) is 10.6 Å². The number of hydrogen-bond donors (Lipinski definition) is 1. The lowest BCUT2D eigenvalue weighted by Crippen LogP contribution is -2.16. The molecule has 5 heteroatoms. The summed E-state index contributed by atoms with van der Waals surface area (Å²) in [7, 11) is 0. The Kier molecular flexibility index (Phi) is 3.73. The fourth-order valence-electron chi connectivity index (χ4n) is 3.23. The smallest absolute Gasteiger partial charge is 0.295 e. The van der Waals surface area contributed by atoms with Crippen molar-refractivity contribution in [3.05, 3.63) is 40.6 Å². The molecule has 0 aliphatic heterocycles. The van der Waals surface area contributed by atoms with E-state index in [1.165, 1.54) is 25.3 Å². The molecular formula is C16H19N3O2. The lowest BCUT2D eigenvalue weighted by atomic mass is 9.98. The molecule has 1 aromatic carbocycles. The summed E-state index contributed by atoms with van der Waals surface area (Å²) in [5.74, 6) is 1.44. The van der Waals surface area contributed by atoms with Crippen molar-refractivity contribution in [3.8, 4) is 0 Å². The maximum Gasteiger partial charge on any atom is 0.295 e. The molecule has 2 aromatic rings. The monoisotopic (exact) mass is 285 g/mol. The van der Waals surface area contributed by atoms with Gasteiger partial charge in [-0.05, 0) is 36.5 Å². The van der Waals surface area contributed by atoms with Gasteiger partial charge in [0.25, 0.3) is 5.69 Å². The van der Waals surface area contributed by atoms with E-state index >= 15 is 0 Å². The third kappa shape index (κ3) is 2.68. The minimum Gasteiger partial charge on any atom is -0.384 e. The number of aromatic nitrogens is 1. The highest BCUT2D eigenvalue weighted by molar-refractivity contribution is 5.96. The van der Waals surface area contributed by atoms with Gasteiger partial charge in [-0.3, -0.25) is 10.1 Å². The SMILES string of the molecule is CC1CCCC1CNc1ccc([N+](=O)[O-])c2ncccc12. The summed E-state index contributed by atoms with van der Waals surface area (Å²) in [5, 5.41) is 15.4. The number of nitro groups is 1. The van der Waals surface area contributed by atoms with E-state index in [2.05, 4.69) is 17.2 Å². The first-order valence-corrected chi connectivity index (χ1v) is 7.43. The first-order valence-electron chi connectivity index (χ1n) is 7.43. The normalized spacial score (nSPS) is 21.6. The van der Waals surface area contributed by atoms with Gasteiger partial charge < -0.3 is 5.32 Å². The second-order valence-electron chi connectivity index (χ2n) is 5.84. The highest BCUT2D eigenvalue weighted by atomic mass is 16.6. The topological polar surface area (TPSA) is 68.1 Å². The van der Waals surface area contributed by atoms with Crippen LogP contribution in [0.25, 0.3) is 10.9 Å². The van der Waals surface area contributed by atoms with Gasteiger partial charge in [-0.2, -0.15) is 0 Å². The predicted molar refractivity (Wildman–Crippen MR) is 83.4 cm³/mol. The lowest BCUT2D eigenvalue weighted by molar-refractivity contribution is -0.383. The number of rotatable bonds is 4. The summed E-state index contributed by atoms with van der Waals surface area (Å²) in [4.78, 5) is 14.9. The van der Waals surface area contributed by atoms with E-state index in [0.717, 1.165) is 23.5 Å². The van der Waals surface area contributed by atoms with Gasteiger partial charge in [-0.15, -0.1) is 0 Å². The minimum atomic E-state index is -0.377. The van der Waals surface area contributed by atoms with Crippen LogP contribution in [0.3, 0.4) is 0 Å². The van der Waals surface area contributed by atoms with E-state index in [1.54, 1.807) is 12.3 Å². The molecule has 0 amide bonds. The fourth-order valence-corrected chi connectivity index (χ4v) is 3.23. The van der Waals surface area contributed by atoms with Gasteiger partial charge in [-0.1, -0.05) is 19.8 Å². The largest absolute Gasteiger partial charge is 0.384 e. The Morgan fingerprint density at radius 1 is 1.38 bits per heavy atom. The molecule has 1 heterocycles. The molecular weight excluding hydrogens is 266 g/mol. The molecule has 1 aliphatic rings. The number of nitrogens with one attached hydrogen (secondary N) is 1. The van der Waals surface area contributed by atoms with E-state index in [1.807, 2.05) is 12.1 Å². The van der Waals surface area contributed by atoms with Crippen LogP contribution < -0.4 is 5.32 Å². The quantitative estimate of drug-likeness (QED) is 0.681. The molecule has 1 aliphatic carbocycles. The summed E-state index contributed by atoms with van der Waals surface area (Å²) in [5.41, 5.74) is 1.44. The number of fused-ring (bicyclic) bond motifs is 1. The van der Waals surface area contributed by atoms with Gasteiger partial charge in [-0.25, -0.2) is 4.98 Å². The van der Waals surface area contributed by atoms with Crippen molar-refractivity contribution >= 4 is 22.3 Å². The number of pyridine rings is 1. The zero-order chi connectivity index (χ0) is 14.8. The molecule has 110 valence electrons. The lowest BCUT2D eigenvalue weighted by Gasteiger charge is -2.17. The standard InChI is InChI=1S/C16H19N3O2/c1-11-4-2-5-12(11)10-18-14-7-8-15(19(20)21)16-13(14)6-3-9-17-16/h3,6-9,11-12,18H,2,4-5,10H2,1H3. The molecule has 1 saturated carbocycles. The zero-order valence-electron chi connectivity index (χ0n) is 12.1. The van der Waals surface area contributed by atoms with Crippen molar-refractivity contribution in [2.75, 3.05) is 11.9 Å². The summed E-state index contributed by atoms with van der Waals surface area (Å²) < 4.78 is 0. The first-order chi connectivity index (χ1) is 10.2. The average molecular weight is 285 g/mol. The molecule has 0 saturated heterocycles. The van der Waals surface area contributed by atoms with Gasteiger partial charge in [0.05, 0.1) is 4.92 Å². The molecule has 2 atom stereocenters. The Hall–Kier alpha value is -2.17. The van der Waals surface area contributed by atoms with Crippen molar-refractivity contribution in [2.24, 2.45) is 11.8 Å².